The minimum Gasteiger partial charge on any atom is -0.303 e. The maximum absolute atomic E-state index is 12.8. The third-order valence-corrected chi connectivity index (χ3v) is 6.81. The van der Waals surface area contributed by atoms with Crippen molar-refractivity contribution in [2.24, 2.45) is 0 Å². The number of nitro groups is 1. The van der Waals surface area contributed by atoms with E-state index in [1.165, 1.54) is 28.6 Å². The maximum Gasteiger partial charge on any atom is 0.269 e. The Hall–Kier alpha value is -2.82. The zero-order chi connectivity index (χ0) is 19.7. The van der Waals surface area contributed by atoms with Crippen molar-refractivity contribution in [2.75, 3.05) is 26.2 Å². The Morgan fingerprint density at radius 3 is 2.43 bits per heavy atom. The summed E-state index contributed by atoms with van der Waals surface area (Å²) in [5.74, 6) is 0. The number of benzene rings is 1. The van der Waals surface area contributed by atoms with Gasteiger partial charge in [0, 0.05) is 51.1 Å². The van der Waals surface area contributed by atoms with Gasteiger partial charge < -0.3 is 4.40 Å². The molecule has 0 bridgehead atoms. The summed E-state index contributed by atoms with van der Waals surface area (Å²) >= 11 is 0. The number of nitrogens with zero attached hydrogens (tertiary/aromatic N) is 5. The zero-order valence-electron chi connectivity index (χ0n) is 15.0. The first-order valence-corrected chi connectivity index (χ1v) is 10.3. The van der Waals surface area contributed by atoms with Crippen molar-refractivity contribution in [2.45, 2.75) is 11.4 Å². The molecule has 28 heavy (non-hydrogen) atoms. The highest BCUT2D eigenvalue weighted by Crippen LogP contribution is 2.21. The van der Waals surface area contributed by atoms with Crippen LogP contribution >= 0.6 is 0 Å². The highest BCUT2D eigenvalue weighted by Gasteiger charge is 2.29. The molecule has 0 spiro atoms. The molecule has 0 atom stereocenters. The average molecular weight is 401 g/mol. The predicted octanol–water partition coefficient (Wildman–Crippen LogP) is 1.75. The van der Waals surface area contributed by atoms with Gasteiger partial charge in [-0.15, -0.1) is 0 Å². The van der Waals surface area contributed by atoms with Gasteiger partial charge in [0.1, 0.15) is 5.65 Å². The summed E-state index contributed by atoms with van der Waals surface area (Å²) in [6, 6.07) is 10.8. The third kappa shape index (κ3) is 3.49. The summed E-state index contributed by atoms with van der Waals surface area (Å²) in [6.45, 7) is 2.64. The Morgan fingerprint density at radius 1 is 1.04 bits per heavy atom. The van der Waals surface area contributed by atoms with Crippen molar-refractivity contribution in [3.8, 4) is 0 Å². The minimum absolute atomic E-state index is 0.0772. The standard InChI is InChI=1S/C18H19N5O4S/c24-23(25)15-4-6-17(7-5-15)28(26,27)21-11-9-20(10-12-21)14-16-13-19-18-3-1-2-8-22(16)18/h1-8,13H,9-12,14H2. The van der Waals surface area contributed by atoms with E-state index in [-0.39, 0.29) is 10.6 Å². The maximum atomic E-state index is 12.8. The second kappa shape index (κ2) is 7.30. The second-order valence-electron chi connectivity index (χ2n) is 6.61. The summed E-state index contributed by atoms with van der Waals surface area (Å²) in [5.41, 5.74) is 1.82. The van der Waals surface area contributed by atoms with Crippen LogP contribution in [0.5, 0.6) is 0 Å². The van der Waals surface area contributed by atoms with Crippen molar-refractivity contribution in [3.05, 3.63) is 70.7 Å². The molecule has 0 N–H and O–H groups in total. The molecule has 3 aromatic rings. The first-order valence-electron chi connectivity index (χ1n) is 8.83. The molecular formula is C18H19N5O4S. The van der Waals surface area contributed by atoms with E-state index in [1.807, 2.05) is 35.0 Å². The van der Waals surface area contributed by atoms with Gasteiger partial charge in [0.25, 0.3) is 5.69 Å². The molecular weight excluding hydrogens is 382 g/mol. The van der Waals surface area contributed by atoms with Gasteiger partial charge in [-0.25, -0.2) is 13.4 Å². The van der Waals surface area contributed by atoms with Crippen LogP contribution in [0.1, 0.15) is 5.69 Å². The van der Waals surface area contributed by atoms with Gasteiger partial charge in [-0.05, 0) is 24.3 Å². The fourth-order valence-electron chi connectivity index (χ4n) is 3.35. The SMILES string of the molecule is O=[N+]([O-])c1ccc(S(=O)(=O)N2CCN(Cc3cnc4ccccn34)CC2)cc1. The molecule has 146 valence electrons. The van der Waals surface area contributed by atoms with Crippen LogP contribution in [0.15, 0.2) is 59.8 Å². The monoisotopic (exact) mass is 401 g/mol. The van der Waals surface area contributed by atoms with Crippen molar-refractivity contribution in [3.63, 3.8) is 0 Å². The van der Waals surface area contributed by atoms with Crippen molar-refractivity contribution in [1.29, 1.82) is 0 Å². The van der Waals surface area contributed by atoms with E-state index >= 15 is 0 Å². The lowest BCUT2D eigenvalue weighted by Crippen LogP contribution is -2.48. The highest BCUT2D eigenvalue weighted by atomic mass is 32.2. The zero-order valence-corrected chi connectivity index (χ0v) is 15.8. The van der Waals surface area contributed by atoms with Gasteiger partial charge in [-0.2, -0.15) is 4.31 Å². The molecule has 1 aliphatic rings. The van der Waals surface area contributed by atoms with Crippen LogP contribution in [0, 0.1) is 10.1 Å². The van der Waals surface area contributed by atoms with Gasteiger partial charge in [0.05, 0.1) is 21.7 Å². The van der Waals surface area contributed by atoms with E-state index in [2.05, 4.69) is 9.88 Å². The van der Waals surface area contributed by atoms with Gasteiger partial charge >= 0.3 is 0 Å². The summed E-state index contributed by atoms with van der Waals surface area (Å²) < 4.78 is 29.0. The second-order valence-corrected chi connectivity index (χ2v) is 8.55. The predicted molar refractivity (Wildman–Crippen MR) is 102 cm³/mol. The number of nitro benzene ring substituents is 1. The van der Waals surface area contributed by atoms with E-state index in [4.69, 9.17) is 0 Å². The normalized spacial score (nSPS) is 16.4. The number of piperazine rings is 1. The quantitative estimate of drug-likeness (QED) is 0.477. The van der Waals surface area contributed by atoms with Gasteiger partial charge in [0.15, 0.2) is 0 Å². The number of rotatable bonds is 5. The van der Waals surface area contributed by atoms with Crippen LogP contribution in [0.2, 0.25) is 0 Å². The molecule has 2 aromatic heterocycles. The van der Waals surface area contributed by atoms with Crippen LogP contribution in [-0.2, 0) is 16.6 Å². The minimum atomic E-state index is -3.66. The third-order valence-electron chi connectivity index (χ3n) is 4.90. The Labute approximate surface area is 162 Å². The van der Waals surface area contributed by atoms with Crippen LogP contribution in [0.3, 0.4) is 0 Å². The Kier molecular flexibility index (Phi) is 4.84. The van der Waals surface area contributed by atoms with Crippen LogP contribution in [-0.4, -0.2) is 58.1 Å². The van der Waals surface area contributed by atoms with Crippen LogP contribution in [0.4, 0.5) is 5.69 Å². The molecule has 0 saturated carbocycles. The Morgan fingerprint density at radius 2 is 1.75 bits per heavy atom. The number of sulfonamides is 1. The molecule has 1 saturated heterocycles. The number of aromatic nitrogens is 2. The molecule has 0 unspecified atom stereocenters. The summed E-state index contributed by atoms with van der Waals surface area (Å²) in [7, 11) is -3.66. The average Bonchev–Trinajstić information content (AvgIpc) is 3.11. The summed E-state index contributed by atoms with van der Waals surface area (Å²) in [6.07, 6.45) is 3.81. The first kappa shape index (κ1) is 18.5. The number of non-ortho nitro benzene ring substituents is 1. The van der Waals surface area contributed by atoms with Gasteiger partial charge in [-0.3, -0.25) is 15.0 Å². The molecule has 0 aliphatic carbocycles. The van der Waals surface area contributed by atoms with E-state index < -0.39 is 14.9 Å². The number of hydrogen-bond donors (Lipinski definition) is 0. The van der Waals surface area contributed by atoms with E-state index in [0.717, 1.165) is 11.3 Å². The van der Waals surface area contributed by atoms with Crippen molar-refractivity contribution >= 4 is 21.4 Å². The van der Waals surface area contributed by atoms with Gasteiger partial charge in [-0.1, -0.05) is 6.07 Å². The van der Waals surface area contributed by atoms with Crippen molar-refractivity contribution in [1.82, 2.24) is 18.6 Å². The number of fused-ring (bicyclic) bond motifs is 1. The van der Waals surface area contributed by atoms with Crippen LogP contribution < -0.4 is 0 Å². The Bertz CT molecular complexity index is 1100. The summed E-state index contributed by atoms with van der Waals surface area (Å²) in [5, 5.41) is 10.7. The number of imidazole rings is 1. The molecule has 4 rings (SSSR count). The topological polar surface area (TPSA) is 101 Å². The van der Waals surface area contributed by atoms with E-state index in [0.29, 0.717) is 32.7 Å². The smallest absolute Gasteiger partial charge is 0.269 e. The van der Waals surface area contributed by atoms with Gasteiger partial charge in [0.2, 0.25) is 10.0 Å². The molecule has 10 heteroatoms. The first-order chi connectivity index (χ1) is 13.4. The van der Waals surface area contributed by atoms with Crippen LogP contribution in [0.25, 0.3) is 5.65 Å². The van der Waals surface area contributed by atoms with E-state index in [9.17, 15) is 18.5 Å². The Balaban J connectivity index is 1.42. The van der Waals surface area contributed by atoms with E-state index in [1.54, 1.807) is 0 Å². The molecule has 1 fully saturated rings. The lowest BCUT2D eigenvalue weighted by molar-refractivity contribution is -0.384. The lowest BCUT2D eigenvalue weighted by atomic mass is 10.3. The molecule has 0 amide bonds. The molecule has 3 heterocycles. The molecule has 1 aromatic carbocycles. The van der Waals surface area contributed by atoms with Crippen molar-refractivity contribution < 1.29 is 13.3 Å². The summed E-state index contributed by atoms with van der Waals surface area (Å²) in [4.78, 5) is 16.8. The molecule has 0 radical (unpaired) electrons. The molecule has 1 aliphatic heterocycles. The molecule has 9 nitrogen and oxygen atoms in total. The fraction of sp³-hybridized carbons (Fsp3) is 0.278. The number of pyridine rings is 1. The largest absolute Gasteiger partial charge is 0.303 e. The number of hydrogen-bond acceptors (Lipinski definition) is 6. The lowest BCUT2D eigenvalue weighted by Gasteiger charge is -2.33. The fourth-order valence-corrected chi connectivity index (χ4v) is 4.77. The highest BCUT2D eigenvalue weighted by molar-refractivity contribution is 7.89.